The van der Waals surface area contributed by atoms with Gasteiger partial charge < -0.3 is 5.32 Å². The number of hydrogen-bond donors (Lipinski definition) is 1. The molecule has 0 aliphatic carbocycles. The van der Waals surface area contributed by atoms with E-state index in [2.05, 4.69) is 5.32 Å². The minimum atomic E-state index is -3.99. The molecule has 1 heterocycles. The summed E-state index contributed by atoms with van der Waals surface area (Å²) in [5, 5.41) is 4.80. The van der Waals surface area contributed by atoms with Gasteiger partial charge in [-0.15, -0.1) is 11.3 Å². The van der Waals surface area contributed by atoms with Crippen LogP contribution in [0.2, 0.25) is 5.02 Å². The van der Waals surface area contributed by atoms with Crippen molar-refractivity contribution >= 4 is 50.2 Å². The number of rotatable bonds is 6. The van der Waals surface area contributed by atoms with E-state index in [4.69, 9.17) is 11.6 Å². The lowest BCUT2D eigenvalue weighted by molar-refractivity contribution is -0.114. The fourth-order valence-corrected chi connectivity index (χ4v) is 5.20. The summed E-state index contributed by atoms with van der Waals surface area (Å²) in [4.78, 5) is 12.6. The average Bonchev–Trinajstić information content (AvgIpc) is 3.20. The molecule has 0 fully saturated rings. The fraction of sp³-hybridized carbons (Fsp3) is 0.105. The summed E-state index contributed by atoms with van der Waals surface area (Å²) in [5.41, 5.74) is 1.35. The number of amides is 1. The molecular formula is C19H16ClFN2O3S2. The number of sulfonamides is 1. The molecule has 0 atom stereocenters. The molecule has 0 saturated heterocycles. The molecule has 0 aliphatic rings. The van der Waals surface area contributed by atoms with E-state index in [-0.39, 0.29) is 9.90 Å². The van der Waals surface area contributed by atoms with Crippen LogP contribution in [0, 0.1) is 12.7 Å². The molecule has 28 heavy (non-hydrogen) atoms. The maximum Gasteiger partial charge on any atom is 0.274 e. The predicted octanol–water partition coefficient (Wildman–Crippen LogP) is 4.68. The Bertz CT molecular complexity index is 1080. The SMILES string of the molecule is Cc1c(Cl)cccc1NC(=O)CN(c1ccc(F)cc1)S(=O)(=O)c1cccs1. The molecule has 1 N–H and O–H groups in total. The molecule has 0 radical (unpaired) electrons. The number of nitrogens with zero attached hydrogens (tertiary/aromatic N) is 1. The number of benzene rings is 2. The third kappa shape index (κ3) is 4.35. The first kappa shape index (κ1) is 20.3. The van der Waals surface area contributed by atoms with Crippen LogP contribution in [-0.2, 0) is 14.8 Å². The largest absolute Gasteiger partial charge is 0.324 e. The monoisotopic (exact) mass is 438 g/mol. The van der Waals surface area contributed by atoms with Crippen LogP contribution in [0.4, 0.5) is 15.8 Å². The third-order valence-corrected chi connectivity index (χ3v) is 7.54. The molecule has 1 amide bonds. The van der Waals surface area contributed by atoms with Crippen molar-refractivity contribution in [3.05, 3.63) is 76.4 Å². The van der Waals surface area contributed by atoms with Crippen molar-refractivity contribution in [2.45, 2.75) is 11.1 Å². The molecular weight excluding hydrogens is 423 g/mol. The van der Waals surface area contributed by atoms with Gasteiger partial charge in [0, 0.05) is 10.7 Å². The lowest BCUT2D eigenvalue weighted by atomic mass is 10.2. The predicted molar refractivity (Wildman–Crippen MR) is 110 cm³/mol. The van der Waals surface area contributed by atoms with E-state index in [1.165, 1.54) is 18.2 Å². The van der Waals surface area contributed by atoms with Gasteiger partial charge in [-0.1, -0.05) is 23.7 Å². The summed E-state index contributed by atoms with van der Waals surface area (Å²) < 4.78 is 40.4. The molecule has 0 aliphatic heterocycles. The van der Waals surface area contributed by atoms with E-state index in [0.29, 0.717) is 16.3 Å². The number of anilines is 2. The van der Waals surface area contributed by atoms with E-state index in [1.807, 2.05) is 0 Å². The molecule has 5 nitrogen and oxygen atoms in total. The minimum absolute atomic E-state index is 0.0866. The van der Waals surface area contributed by atoms with Gasteiger partial charge in [0.2, 0.25) is 5.91 Å². The minimum Gasteiger partial charge on any atom is -0.324 e. The van der Waals surface area contributed by atoms with Gasteiger partial charge in [-0.2, -0.15) is 0 Å². The van der Waals surface area contributed by atoms with Crippen LogP contribution in [0.5, 0.6) is 0 Å². The second kappa shape index (κ2) is 8.30. The molecule has 9 heteroatoms. The van der Waals surface area contributed by atoms with Gasteiger partial charge >= 0.3 is 0 Å². The number of thiophene rings is 1. The molecule has 0 unspecified atom stereocenters. The molecule has 0 saturated carbocycles. The summed E-state index contributed by atoms with van der Waals surface area (Å²) in [6, 6.07) is 13.0. The highest BCUT2D eigenvalue weighted by Crippen LogP contribution is 2.27. The van der Waals surface area contributed by atoms with Gasteiger partial charge in [-0.25, -0.2) is 12.8 Å². The molecule has 2 aromatic carbocycles. The second-order valence-corrected chi connectivity index (χ2v) is 9.32. The van der Waals surface area contributed by atoms with Crippen molar-refractivity contribution in [3.63, 3.8) is 0 Å². The Kier molecular flexibility index (Phi) is 6.02. The number of nitrogens with one attached hydrogen (secondary N) is 1. The van der Waals surface area contributed by atoms with Crippen molar-refractivity contribution in [2.75, 3.05) is 16.2 Å². The first-order valence-corrected chi connectivity index (χ1v) is 10.9. The van der Waals surface area contributed by atoms with Crippen LogP contribution in [0.15, 0.2) is 64.2 Å². The van der Waals surface area contributed by atoms with Crippen molar-refractivity contribution < 1.29 is 17.6 Å². The number of hydrogen-bond acceptors (Lipinski definition) is 4. The molecule has 3 rings (SSSR count). The zero-order chi connectivity index (χ0) is 20.3. The normalized spacial score (nSPS) is 11.2. The third-order valence-electron chi connectivity index (χ3n) is 3.98. The summed E-state index contributed by atoms with van der Waals surface area (Å²) >= 11 is 7.10. The van der Waals surface area contributed by atoms with Crippen LogP contribution in [-0.4, -0.2) is 20.9 Å². The highest BCUT2D eigenvalue weighted by Gasteiger charge is 2.28. The number of carbonyl (C=O) groups is 1. The van der Waals surface area contributed by atoms with Gasteiger partial charge in [-0.3, -0.25) is 9.10 Å². The van der Waals surface area contributed by atoms with Crippen LogP contribution >= 0.6 is 22.9 Å². The highest BCUT2D eigenvalue weighted by molar-refractivity contribution is 7.94. The van der Waals surface area contributed by atoms with Gasteiger partial charge in [-0.05, 0) is 60.3 Å². The van der Waals surface area contributed by atoms with E-state index >= 15 is 0 Å². The zero-order valence-electron chi connectivity index (χ0n) is 14.7. The first-order chi connectivity index (χ1) is 13.3. The molecule has 146 valence electrons. The van der Waals surface area contributed by atoms with Gasteiger partial charge in [0.15, 0.2) is 0 Å². The lowest BCUT2D eigenvalue weighted by Gasteiger charge is -2.23. The van der Waals surface area contributed by atoms with E-state index in [9.17, 15) is 17.6 Å². The number of halogens is 2. The molecule has 0 spiro atoms. The molecule has 0 bridgehead atoms. The smallest absolute Gasteiger partial charge is 0.274 e. The maximum absolute atomic E-state index is 13.3. The van der Waals surface area contributed by atoms with Crippen molar-refractivity contribution in [1.82, 2.24) is 0 Å². The van der Waals surface area contributed by atoms with E-state index < -0.39 is 28.3 Å². The molecule has 1 aromatic heterocycles. The Hall–Kier alpha value is -2.42. The van der Waals surface area contributed by atoms with Gasteiger partial charge in [0.1, 0.15) is 16.6 Å². The fourth-order valence-electron chi connectivity index (χ4n) is 2.50. The summed E-state index contributed by atoms with van der Waals surface area (Å²) in [5.74, 6) is -1.05. The van der Waals surface area contributed by atoms with Gasteiger partial charge in [0.25, 0.3) is 10.0 Å². The summed E-state index contributed by atoms with van der Waals surface area (Å²) in [6.07, 6.45) is 0. The Balaban J connectivity index is 1.92. The summed E-state index contributed by atoms with van der Waals surface area (Å²) in [6.45, 7) is 1.27. The quantitative estimate of drug-likeness (QED) is 0.607. The lowest BCUT2D eigenvalue weighted by Crippen LogP contribution is -2.38. The Morgan fingerprint density at radius 3 is 2.50 bits per heavy atom. The molecule has 3 aromatic rings. The average molecular weight is 439 g/mol. The van der Waals surface area contributed by atoms with Crippen LogP contribution in [0.1, 0.15) is 5.56 Å². The van der Waals surface area contributed by atoms with E-state index in [1.54, 1.807) is 36.6 Å². The number of carbonyl (C=O) groups excluding carboxylic acids is 1. The van der Waals surface area contributed by atoms with Crippen molar-refractivity contribution in [3.8, 4) is 0 Å². The second-order valence-electron chi connectivity index (χ2n) is 5.88. The van der Waals surface area contributed by atoms with Gasteiger partial charge in [0.05, 0.1) is 5.69 Å². The van der Waals surface area contributed by atoms with Crippen molar-refractivity contribution in [1.29, 1.82) is 0 Å². The van der Waals surface area contributed by atoms with Crippen molar-refractivity contribution in [2.24, 2.45) is 0 Å². The van der Waals surface area contributed by atoms with E-state index in [0.717, 1.165) is 27.8 Å². The standard InChI is InChI=1S/C19H16ClFN2O3S2/c1-13-16(20)4-2-5-17(13)22-18(24)12-23(15-9-7-14(21)8-10-15)28(25,26)19-6-3-11-27-19/h2-11H,12H2,1H3,(H,22,24). The Morgan fingerprint density at radius 1 is 1.14 bits per heavy atom. The topological polar surface area (TPSA) is 66.5 Å². The maximum atomic E-state index is 13.3. The Morgan fingerprint density at radius 2 is 1.86 bits per heavy atom. The zero-order valence-corrected chi connectivity index (χ0v) is 17.1. The first-order valence-electron chi connectivity index (χ1n) is 8.16. The van der Waals surface area contributed by atoms with Crippen LogP contribution in [0.25, 0.3) is 0 Å². The highest BCUT2D eigenvalue weighted by atomic mass is 35.5. The van der Waals surface area contributed by atoms with Crippen LogP contribution < -0.4 is 9.62 Å². The Labute approximate surface area is 171 Å². The summed E-state index contributed by atoms with van der Waals surface area (Å²) in [7, 11) is -3.99. The van der Waals surface area contributed by atoms with Crippen LogP contribution in [0.3, 0.4) is 0 Å².